The van der Waals surface area contributed by atoms with Crippen LogP contribution in [0.2, 0.25) is 0 Å². The lowest BCUT2D eigenvalue weighted by molar-refractivity contribution is 0.0953. The lowest BCUT2D eigenvalue weighted by Crippen LogP contribution is -2.33. The number of hydrogen-bond donors (Lipinski definition) is 2. The molecule has 3 atom stereocenters. The van der Waals surface area contributed by atoms with Gasteiger partial charge in [-0.05, 0) is 112 Å². The Morgan fingerprint density at radius 1 is 0.830 bits per heavy atom. The zero-order valence-electron chi connectivity index (χ0n) is 33.4. The Hall–Kier alpha value is -4.29. The van der Waals surface area contributed by atoms with Gasteiger partial charge in [0.1, 0.15) is 6.61 Å². The van der Waals surface area contributed by atoms with Crippen molar-refractivity contribution in [1.29, 1.82) is 0 Å². The van der Waals surface area contributed by atoms with Crippen molar-refractivity contribution in [3.8, 4) is 11.1 Å². The highest BCUT2D eigenvalue weighted by Crippen LogP contribution is 2.57. The van der Waals surface area contributed by atoms with E-state index in [9.17, 15) is 4.79 Å². The van der Waals surface area contributed by atoms with Crippen LogP contribution >= 0.6 is 0 Å². The second-order valence-corrected chi connectivity index (χ2v) is 16.7. The van der Waals surface area contributed by atoms with Crippen LogP contribution in [-0.4, -0.2) is 18.5 Å². The molecule has 0 saturated heterocycles. The first-order valence-corrected chi connectivity index (χ1v) is 19.9. The molecule has 5 rings (SSSR count). The summed E-state index contributed by atoms with van der Waals surface area (Å²) in [6, 6.07) is 25.6. The molecule has 0 aliphatic heterocycles. The van der Waals surface area contributed by atoms with Crippen LogP contribution in [0, 0.1) is 24.2 Å². The Bertz CT molecular complexity index is 1920. The fourth-order valence-corrected chi connectivity index (χ4v) is 8.82. The third kappa shape index (κ3) is 9.45. The predicted molar refractivity (Wildman–Crippen MR) is 223 cm³/mol. The minimum absolute atomic E-state index is 0.116. The molecule has 53 heavy (non-hydrogen) atoms. The van der Waals surface area contributed by atoms with E-state index in [1.165, 1.54) is 79.2 Å². The molecule has 1 aliphatic rings. The molecule has 6 heteroatoms. The molecule has 0 heterocycles. The number of nitrogen functional groups attached to an aromatic ring is 1. The zero-order valence-corrected chi connectivity index (χ0v) is 33.4. The highest BCUT2D eigenvalue weighted by molar-refractivity contribution is 5.98. The Morgan fingerprint density at radius 2 is 1.45 bits per heavy atom. The number of carbonyl (C=O) groups excluding carboxylic acids is 1. The highest BCUT2D eigenvalue weighted by atomic mass is 16.5. The number of rotatable bonds is 17. The zero-order chi connectivity index (χ0) is 38.2. The van der Waals surface area contributed by atoms with Gasteiger partial charge in [0, 0.05) is 23.3 Å². The molecular weight excluding hydrogens is 653 g/mol. The van der Waals surface area contributed by atoms with Crippen LogP contribution in [0.15, 0.2) is 83.0 Å². The Kier molecular flexibility index (Phi) is 13.3. The second kappa shape index (κ2) is 17.7. The molecule has 4 aromatic rings. The Balaban J connectivity index is 1.57. The topological polar surface area (TPSA) is 89.1 Å². The van der Waals surface area contributed by atoms with Crippen LogP contribution < -0.4 is 11.3 Å². The number of amides is 1. The molecule has 0 saturated carbocycles. The van der Waals surface area contributed by atoms with Crippen LogP contribution in [-0.2, 0) is 16.8 Å². The van der Waals surface area contributed by atoms with E-state index in [4.69, 9.17) is 10.6 Å². The van der Waals surface area contributed by atoms with E-state index in [0.29, 0.717) is 29.9 Å². The van der Waals surface area contributed by atoms with Gasteiger partial charge in [0.15, 0.2) is 0 Å². The number of nitrogens with one attached hydrogen (secondary N) is 1. The molecule has 3 unspecified atom stereocenters. The number of aryl methyl sites for hydroxylation is 1. The van der Waals surface area contributed by atoms with E-state index in [1.54, 1.807) is 6.07 Å². The molecule has 0 radical (unpaired) electrons. The van der Waals surface area contributed by atoms with Crippen molar-refractivity contribution >= 4 is 29.3 Å². The maximum absolute atomic E-state index is 12.1. The highest BCUT2D eigenvalue weighted by Gasteiger charge is 2.46. The van der Waals surface area contributed by atoms with E-state index in [0.717, 1.165) is 34.7 Å². The molecule has 1 amide bonds. The lowest BCUT2D eigenvalue weighted by Gasteiger charge is -2.40. The fourth-order valence-electron chi connectivity index (χ4n) is 8.82. The van der Waals surface area contributed by atoms with Gasteiger partial charge in [0.2, 0.25) is 5.90 Å². The van der Waals surface area contributed by atoms with Crippen molar-refractivity contribution in [2.24, 2.45) is 33.3 Å². The third-order valence-electron chi connectivity index (χ3n) is 11.3. The number of carbonyl (C=O) groups is 1. The van der Waals surface area contributed by atoms with Crippen molar-refractivity contribution in [2.45, 2.75) is 125 Å². The summed E-state index contributed by atoms with van der Waals surface area (Å²) in [6.07, 6.45) is 12.1. The molecular formula is C47H62N4O2. The number of hydrazine groups is 1. The molecule has 4 aromatic carbocycles. The average Bonchev–Trinajstić information content (AvgIpc) is 3.39. The van der Waals surface area contributed by atoms with Gasteiger partial charge in [0.25, 0.3) is 5.91 Å². The molecule has 0 spiro atoms. The van der Waals surface area contributed by atoms with Crippen LogP contribution in [0.25, 0.3) is 21.9 Å². The minimum Gasteiger partial charge on any atom is -0.471 e. The van der Waals surface area contributed by atoms with E-state index < -0.39 is 0 Å². The number of nitrogens with two attached hydrogens (primary N) is 1. The standard InChI is InChI=1S/C47H62N4O2/c1-9-12-14-33(11-3)29-47(30-35(15-13-10-2)28-46(5,6)7)42-24-32(4)16-22-40(42)41-23-21-39(27-43(41)47)45(51-49-8)53-31-34-17-18-37-26-38(44(52)50-48)20-19-36(37)25-34/h16-27,33,35H,8-15,28-31,48H2,1-7H3,(H,50,52)/b51-45-. The molecule has 0 bridgehead atoms. The SMILES string of the molecule is C=N/N=C(\OCc1ccc2cc(C(=O)NN)ccc2c1)c1ccc2c(c1)C(CC(CC)CCCC)(CC(CCCC)CC(C)(C)C)c1cc(C)ccc1-2. The van der Waals surface area contributed by atoms with Crippen LogP contribution in [0.5, 0.6) is 0 Å². The van der Waals surface area contributed by atoms with Crippen molar-refractivity contribution in [1.82, 2.24) is 5.43 Å². The van der Waals surface area contributed by atoms with Gasteiger partial charge in [0.05, 0.1) is 0 Å². The summed E-state index contributed by atoms with van der Waals surface area (Å²) in [4.78, 5) is 12.1. The largest absolute Gasteiger partial charge is 0.471 e. The molecule has 0 aromatic heterocycles. The van der Waals surface area contributed by atoms with Gasteiger partial charge >= 0.3 is 0 Å². The Morgan fingerprint density at radius 3 is 2.11 bits per heavy atom. The summed E-state index contributed by atoms with van der Waals surface area (Å²) in [6.45, 7) is 20.5. The van der Waals surface area contributed by atoms with Gasteiger partial charge in [-0.2, -0.15) is 5.10 Å². The predicted octanol–water partition coefficient (Wildman–Crippen LogP) is 11.8. The normalized spacial score (nSPS) is 16.6. The number of ether oxygens (including phenoxy) is 1. The Labute approximate surface area is 318 Å². The molecule has 1 aliphatic carbocycles. The number of fused-ring (bicyclic) bond motifs is 4. The smallest absolute Gasteiger partial charge is 0.265 e. The summed E-state index contributed by atoms with van der Waals surface area (Å²) in [5.41, 5.74) is 11.7. The fraction of sp³-hybridized carbons (Fsp3) is 0.468. The summed E-state index contributed by atoms with van der Waals surface area (Å²) >= 11 is 0. The van der Waals surface area contributed by atoms with E-state index in [2.05, 4.69) is 113 Å². The molecule has 282 valence electrons. The second-order valence-electron chi connectivity index (χ2n) is 16.7. The summed E-state index contributed by atoms with van der Waals surface area (Å²) in [5.74, 6) is 6.74. The first kappa shape index (κ1) is 39.9. The lowest BCUT2D eigenvalue weighted by atomic mass is 9.63. The van der Waals surface area contributed by atoms with Crippen LogP contribution in [0.1, 0.15) is 144 Å². The first-order chi connectivity index (χ1) is 25.4. The van der Waals surface area contributed by atoms with Crippen molar-refractivity contribution in [3.63, 3.8) is 0 Å². The summed E-state index contributed by atoms with van der Waals surface area (Å²) in [5, 5.41) is 10.4. The number of benzene rings is 4. The van der Waals surface area contributed by atoms with Crippen molar-refractivity contribution < 1.29 is 9.53 Å². The van der Waals surface area contributed by atoms with Crippen molar-refractivity contribution in [3.05, 3.63) is 106 Å². The number of unbranched alkanes of at least 4 members (excludes halogenated alkanes) is 2. The number of hydrogen-bond acceptors (Lipinski definition) is 5. The maximum Gasteiger partial charge on any atom is 0.265 e. The molecule has 3 N–H and O–H groups in total. The van der Waals surface area contributed by atoms with Gasteiger partial charge in [-0.1, -0.05) is 135 Å². The summed E-state index contributed by atoms with van der Waals surface area (Å²) in [7, 11) is 0. The molecule has 0 fully saturated rings. The van der Waals surface area contributed by atoms with Gasteiger partial charge < -0.3 is 4.74 Å². The maximum atomic E-state index is 12.1. The van der Waals surface area contributed by atoms with Crippen molar-refractivity contribution in [2.75, 3.05) is 0 Å². The average molecular weight is 715 g/mol. The van der Waals surface area contributed by atoms with Gasteiger partial charge in [-0.3, -0.25) is 10.2 Å². The van der Waals surface area contributed by atoms with Crippen LogP contribution in [0.3, 0.4) is 0 Å². The number of nitrogens with zero attached hydrogens (tertiary/aromatic N) is 2. The van der Waals surface area contributed by atoms with E-state index in [-0.39, 0.29) is 16.7 Å². The van der Waals surface area contributed by atoms with Gasteiger partial charge in [-0.25, -0.2) is 5.84 Å². The quantitative estimate of drug-likeness (QED) is 0.0375. The van der Waals surface area contributed by atoms with Gasteiger partial charge in [-0.15, -0.1) is 5.10 Å². The first-order valence-electron chi connectivity index (χ1n) is 19.9. The third-order valence-corrected chi connectivity index (χ3v) is 11.3. The monoisotopic (exact) mass is 714 g/mol. The molecule has 6 nitrogen and oxygen atoms in total. The summed E-state index contributed by atoms with van der Waals surface area (Å²) < 4.78 is 6.50. The van der Waals surface area contributed by atoms with Crippen LogP contribution in [0.4, 0.5) is 0 Å². The van der Waals surface area contributed by atoms with E-state index >= 15 is 0 Å². The van der Waals surface area contributed by atoms with E-state index in [1.807, 2.05) is 24.3 Å². The minimum atomic E-state index is -0.314.